The molecule has 1 rings (SSSR count). The van der Waals surface area contributed by atoms with Crippen LogP contribution in [0.15, 0.2) is 33.6 Å². The Morgan fingerprint density at radius 2 is 2.00 bits per heavy atom. The van der Waals surface area contributed by atoms with Crippen molar-refractivity contribution in [2.24, 2.45) is 0 Å². The van der Waals surface area contributed by atoms with Crippen molar-refractivity contribution in [1.29, 1.82) is 0 Å². The summed E-state index contributed by atoms with van der Waals surface area (Å²) in [5.41, 5.74) is 0. The van der Waals surface area contributed by atoms with Gasteiger partial charge in [-0.15, -0.1) is 0 Å². The highest BCUT2D eigenvalue weighted by Crippen LogP contribution is 2.23. The van der Waals surface area contributed by atoms with E-state index in [0.717, 1.165) is 0 Å². The molecule has 0 spiro atoms. The Kier molecular flexibility index (Phi) is 2.57. The van der Waals surface area contributed by atoms with Crippen LogP contribution >= 0.6 is 26.6 Å². The zero-order valence-electron chi connectivity index (χ0n) is 5.33. The maximum atomic E-state index is 10.9. The second-order valence-corrected chi connectivity index (χ2v) is 5.35. The number of hydrogen-bond acceptors (Lipinski definition) is 1. The molecule has 0 aliphatic carbocycles. The molecule has 1 aromatic carbocycles. The Hall–Kier alpha value is -0.0600. The molecule has 0 aliphatic rings. The Bertz CT molecular complexity index is 361. The van der Waals surface area contributed by atoms with Crippen LogP contribution in [0.1, 0.15) is 0 Å². The van der Waals surface area contributed by atoms with Gasteiger partial charge in [-0.2, -0.15) is 4.21 Å². The van der Waals surface area contributed by atoms with Crippen LogP contribution < -0.4 is 0 Å². The number of hydrogen-bond donors (Lipinski definition) is 0. The van der Waals surface area contributed by atoms with Crippen LogP contribution in [0.4, 0.5) is 0 Å². The fraction of sp³-hybridized carbons (Fsp3) is 0. The molecule has 1 unspecified atom stereocenters. The summed E-state index contributed by atoms with van der Waals surface area (Å²) in [6, 6.07) is 6.56. The van der Waals surface area contributed by atoms with E-state index in [9.17, 15) is 4.21 Å². The van der Waals surface area contributed by atoms with Crippen molar-refractivity contribution < 1.29 is 8.42 Å². The minimum absolute atomic E-state index is 0.210. The first-order chi connectivity index (χ1) is 5.02. The summed E-state index contributed by atoms with van der Waals surface area (Å²) in [7, 11) is 1.86. The number of benzene rings is 1. The second kappa shape index (κ2) is 3.13. The van der Waals surface area contributed by atoms with Crippen molar-refractivity contribution >= 4 is 35.7 Å². The third-order valence-electron chi connectivity index (χ3n) is 1.11. The fourth-order valence-electron chi connectivity index (χ4n) is 0.649. The van der Waals surface area contributed by atoms with Crippen LogP contribution in [0.5, 0.6) is 0 Å². The van der Waals surface area contributed by atoms with Crippen LogP contribution in [0.3, 0.4) is 0 Å². The quantitative estimate of drug-likeness (QED) is 0.562. The summed E-state index contributed by atoms with van der Waals surface area (Å²) in [6.07, 6.45) is 0. The topological polar surface area (TPSA) is 38.5 Å². The van der Waals surface area contributed by atoms with Crippen LogP contribution in [0.2, 0.25) is 0 Å². The van der Waals surface area contributed by atoms with E-state index < -0.39 is 9.05 Å². The SMILES string of the molecule is O=S(=[OH+])(Cl)c1ccccc1Br. The fourth-order valence-corrected chi connectivity index (χ4v) is 2.83. The van der Waals surface area contributed by atoms with Crippen molar-refractivity contribution in [2.45, 2.75) is 4.90 Å². The molecule has 0 bridgehead atoms. The van der Waals surface area contributed by atoms with E-state index >= 15 is 0 Å². The summed E-state index contributed by atoms with van der Waals surface area (Å²) in [5, 5.41) is 0. The van der Waals surface area contributed by atoms with E-state index in [-0.39, 0.29) is 4.90 Å². The predicted molar refractivity (Wildman–Crippen MR) is 48.3 cm³/mol. The maximum absolute atomic E-state index is 10.9. The van der Waals surface area contributed by atoms with Crippen molar-refractivity contribution in [3.8, 4) is 0 Å². The minimum atomic E-state index is -3.36. The van der Waals surface area contributed by atoms with E-state index in [4.69, 9.17) is 14.9 Å². The van der Waals surface area contributed by atoms with Gasteiger partial charge in [0, 0.05) is 4.47 Å². The van der Waals surface area contributed by atoms with Gasteiger partial charge in [-0.05, 0) is 28.1 Å². The van der Waals surface area contributed by atoms with E-state index in [1.807, 2.05) is 0 Å². The zero-order valence-corrected chi connectivity index (χ0v) is 8.49. The van der Waals surface area contributed by atoms with E-state index in [0.29, 0.717) is 4.47 Å². The molecule has 60 valence electrons. The van der Waals surface area contributed by atoms with Gasteiger partial charge in [-0.25, -0.2) is 4.21 Å². The van der Waals surface area contributed by atoms with Crippen LogP contribution in [-0.2, 0) is 9.05 Å². The molecule has 0 fully saturated rings. The van der Waals surface area contributed by atoms with Gasteiger partial charge >= 0.3 is 9.05 Å². The average Bonchev–Trinajstić information content (AvgIpc) is 1.86. The van der Waals surface area contributed by atoms with Gasteiger partial charge in [0.2, 0.25) is 0 Å². The lowest BCUT2D eigenvalue weighted by molar-refractivity contribution is 0.628. The zero-order chi connectivity index (χ0) is 8.48. The lowest BCUT2D eigenvalue weighted by Crippen LogP contribution is -1.90. The number of halogens is 2. The predicted octanol–water partition coefficient (Wildman–Crippen LogP) is 2.53. The van der Waals surface area contributed by atoms with Crippen LogP contribution in [0, 0.1) is 0 Å². The molecule has 0 aliphatic heterocycles. The Morgan fingerprint density at radius 3 is 2.36 bits per heavy atom. The first-order valence-corrected chi connectivity index (χ1v) is 5.86. The standard InChI is InChI=1S/C6H4BrClO2S/c7-5-3-1-2-4-6(5)11(8,9)10/h1-4H/p+1. The monoisotopic (exact) mass is 255 g/mol. The summed E-state index contributed by atoms with van der Waals surface area (Å²) < 4.78 is 20.4. The van der Waals surface area contributed by atoms with Crippen molar-refractivity contribution in [3.63, 3.8) is 0 Å². The van der Waals surface area contributed by atoms with Crippen molar-refractivity contribution in [2.75, 3.05) is 0 Å². The van der Waals surface area contributed by atoms with Crippen LogP contribution in [-0.4, -0.2) is 8.42 Å². The summed E-state index contributed by atoms with van der Waals surface area (Å²) in [6.45, 7) is 0. The largest absolute Gasteiger partial charge is 0.392 e. The average molecular weight is 257 g/mol. The van der Waals surface area contributed by atoms with Gasteiger partial charge in [-0.3, -0.25) is 0 Å². The van der Waals surface area contributed by atoms with Crippen molar-refractivity contribution in [1.82, 2.24) is 0 Å². The molecule has 0 saturated heterocycles. The molecule has 5 heteroatoms. The van der Waals surface area contributed by atoms with Gasteiger partial charge in [0.25, 0.3) is 0 Å². The van der Waals surface area contributed by atoms with E-state index in [1.165, 1.54) is 6.07 Å². The third-order valence-corrected chi connectivity index (χ3v) is 3.46. The van der Waals surface area contributed by atoms with Gasteiger partial charge < -0.3 is 0 Å². The molecule has 2 nitrogen and oxygen atoms in total. The first-order valence-electron chi connectivity index (χ1n) is 2.72. The Balaban J connectivity index is 3.37. The molecule has 0 saturated carbocycles. The lowest BCUT2D eigenvalue weighted by Gasteiger charge is -1.92. The molecule has 0 amide bonds. The summed E-state index contributed by atoms with van der Waals surface area (Å²) in [5.74, 6) is 0. The molecule has 0 radical (unpaired) electrons. The third kappa shape index (κ3) is 2.18. The molecule has 11 heavy (non-hydrogen) atoms. The van der Waals surface area contributed by atoms with E-state index in [1.54, 1.807) is 18.2 Å². The maximum Gasteiger partial charge on any atom is 0.392 e. The molecular formula is C6H5BrClO2S+. The second-order valence-electron chi connectivity index (χ2n) is 1.89. The highest BCUT2D eigenvalue weighted by Gasteiger charge is 2.18. The van der Waals surface area contributed by atoms with Gasteiger partial charge in [0.05, 0.1) is 10.7 Å². The molecule has 1 N–H and O–H groups in total. The smallest absolute Gasteiger partial charge is 0.210 e. The normalized spacial score (nSPS) is 15.8. The molecule has 1 aromatic rings. The van der Waals surface area contributed by atoms with Crippen LogP contribution in [0.25, 0.3) is 0 Å². The molecule has 0 aromatic heterocycles. The number of rotatable bonds is 1. The summed E-state index contributed by atoms with van der Waals surface area (Å²) in [4.78, 5) is 0.210. The van der Waals surface area contributed by atoms with Crippen molar-refractivity contribution in [3.05, 3.63) is 28.7 Å². The highest BCUT2D eigenvalue weighted by atomic mass is 79.9. The highest BCUT2D eigenvalue weighted by molar-refractivity contribution is 9.10. The van der Waals surface area contributed by atoms with Gasteiger partial charge in [0.1, 0.15) is 4.90 Å². The Morgan fingerprint density at radius 1 is 1.45 bits per heavy atom. The van der Waals surface area contributed by atoms with Gasteiger partial charge in [0.15, 0.2) is 0 Å². The molecular weight excluding hydrogens is 251 g/mol. The molecule has 0 heterocycles. The first kappa shape index (κ1) is 9.03. The minimum Gasteiger partial charge on any atom is -0.210 e. The lowest BCUT2D eigenvalue weighted by atomic mass is 10.4. The van der Waals surface area contributed by atoms with E-state index in [2.05, 4.69) is 15.9 Å². The summed E-state index contributed by atoms with van der Waals surface area (Å²) >= 11 is 3.11. The Labute approximate surface area is 77.7 Å². The van der Waals surface area contributed by atoms with Gasteiger partial charge in [-0.1, -0.05) is 12.1 Å². The molecule has 1 atom stereocenters.